The molecule has 1 aliphatic rings. The molecule has 1 aliphatic heterocycles. The fourth-order valence-corrected chi connectivity index (χ4v) is 0.654. The zero-order chi connectivity index (χ0) is 5.98. The van der Waals surface area contributed by atoms with Crippen molar-refractivity contribution >= 4 is 17.6 Å². The van der Waals surface area contributed by atoms with Crippen LogP contribution in [0, 0.1) is 0 Å². The zero-order valence-corrected chi connectivity index (χ0v) is 4.94. The summed E-state index contributed by atoms with van der Waals surface area (Å²) in [7, 11) is 0. The Labute approximate surface area is 52.1 Å². The minimum absolute atomic E-state index is 0.208. The summed E-state index contributed by atoms with van der Waals surface area (Å²) in [5.41, 5.74) is 0.858. The number of hydrogen-bond acceptors (Lipinski definition) is 2. The summed E-state index contributed by atoms with van der Waals surface area (Å²) in [5, 5.41) is 0. The molecule has 0 N–H and O–H groups in total. The first kappa shape index (κ1) is 5.63. The van der Waals surface area contributed by atoms with Gasteiger partial charge >= 0.3 is 5.97 Å². The van der Waals surface area contributed by atoms with Gasteiger partial charge in [0.1, 0.15) is 0 Å². The van der Waals surface area contributed by atoms with Crippen molar-refractivity contribution < 1.29 is 9.53 Å². The van der Waals surface area contributed by atoms with E-state index in [1.54, 1.807) is 0 Å². The van der Waals surface area contributed by atoms with Gasteiger partial charge in [0, 0.05) is 5.88 Å². The Kier molecular flexibility index (Phi) is 1.53. The normalized spacial score (nSPS) is 18.1. The third-order valence-corrected chi connectivity index (χ3v) is 1.24. The summed E-state index contributed by atoms with van der Waals surface area (Å²) < 4.78 is 4.47. The lowest BCUT2D eigenvalue weighted by atomic mass is 10.3. The Hall–Kier alpha value is -0.500. The van der Waals surface area contributed by atoms with Crippen LogP contribution in [0.25, 0.3) is 0 Å². The van der Waals surface area contributed by atoms with Crippen LogP contribution in [0.5, 0.6) is 0 Å². The average Bonchev–Trinajstić information content (AvgIpc) is 2.14. The van der Waals surface area contributed by atoms with Gasteiger partial charge in [-0.05, 0) is 5.57 Å². The fraction of sp³-hybridized carbons (Fsp3) is 0.400. The van der Waals surface area contributed by atoms with Crippen molar-refractivity contribution in [3.05, 3.63) is 11.8 Å². The molecule has 0 saturated carbocycles. The van der Waals surface area contributed by atoms with Gasteiger partial charge < -0.3 is 4.74 Å². The predicted molar refractivity (Wildman–Crippen MR) is 29.5 cm³/mol. The summed E-state index contributed by atoms with van der Waals surface area (Å²) >= 11 is 5.37. The van der Waals surface area contributed by atoms with Gasteiger partial charge in [0.25, 0.3) is 0 Å². The van der Waals surface area contributed by atoms with Crippen molar-refractivity contribution in [2.45, 2.75) is 6.42 Å². The first-order valence-corrected chi connectivity index (χ1v) is 2.80. The molecule has 0 fully saturated rings. The number of carbonyl (C=O) groups excluding carboxylic acids is 1. The molecule has 2 nitrogen and oxygen atoms in total. The number of ether oxygens (including phenoxy) is 1. The van der Waals surface area contributed by atoms with Crippen molar-refractivity contribution in [3.8, 4) is 0 Å². The van der Waals surface area contributed by atoms with Crippen LogP contribution in [0.15, 0.2) is 11.8 Å². The second-order valence-electron chi connectivity index (χ2n) is 1.58. The summed E-state index contributed by atoms with van der Waals surface area (Å²) in [5.74, 6) is 0.187. The maximum absolute atomic E-state index is 10.3. The van der Waals surface area contributed by atoms with Crippen LogP contribution in [0.1, 0.15) is 6.42 Å². The van der Waals surface area contributed by atoms with Crippen LogP contribution in [0.4, 0.5) is 0 Å². The van der Waals surface area contributed by atoms with E-state index in [1.165, 1.54) is 6.26 Å². The van der Waals surface area contributed by atoms with Gasteiger partial charge in [-0.3, -0.25) is 4.79 Å². The highest BCUT2D eigenvalue weighted by Gasteiger charge is 2.12. The molecule has 8 heavy (non-hydrogen) atoms. The van der Waals surface area contributed by atoms with E-state index in [0.29, 0.717) is 12.3 Å². The van der Waals surface area contributed by atoms with Crippen LogP contribution < -0.4 is 0 Å². The molecule has 0 aromatic rings. The molecule has 0 bridgehead atoms. The molecule has 0 radical (unpaired) electrons. The van der Waals surface area contributed by atoms with E-state index in [4.69, 9.17) is 11.6 Å². The molecule has 0 aromatic heterocycles. The van der Waals surface area contributed by atoms with E-state index in [2.05, 4.69) is 4.74 Å². The van der Waals surface area contributed by atoms with E-state index >= 15 is 0 Å². The molecular formula is C5H5ClO2. The molecule has 1 rings (SSSR count). The van der Waals surface area contributed by atoms with Gasteiger partial charge in [-0.2, -0.15) is 0 Å². The summed E-state index contributed by atoms with van der Waals surface area (Å²) in [6.45, 7) is 0. The maximum atomic E-state index is 10.3. The molecule has 0 unspecified atom stereocenters. The lowest BCUT2D eigenvalue weighted by Crippen LogP contribution is -1.90. The number of halogens is 1. The summed E-state index contributed by atoms with van der Waals surface area (Å²) in [6, 6.07) is 0. The second kappa shape index (κ2) is 2.18. The minimum atomic E-state index is -0.208. The molecular weight excluding hydrogens is 128 g/mol. The van der Waals surface area contributed by atoms with E-state index in [0.717, 1.165) is 5.57 Å². The topological polar surface area (TPSA) is 26.3 Å². The number of esters is 1. The monoisotopic (exact) mass is 132 g/mol. The molecule has 0 spiro atoms. The number of carbonyl (C=O) groups is 1. The highest BCUT2D eigenvalue weighted by atomic mass is 35.5. The van der Waals surface area contributed by atoms with Gasteiger partial charge in [-0.25, -0.2) is 0 Å². The molecule has 0 saturated heterocycles. The van der Waals surface area contributed by atoms with E-state index in [9.17, 15) is 4.79 Å². The quantitative estimate of drug-likeness (QED) is 0.394. The third-order valence-electron chi connectivity index (χ3n) is 0.900. The SMILES string of the molecule is O=C1CC(CCl)=CO1. The highest BCUT2D eigenvalue weighted by Crippen LogP contribution is 2.12. The standard InChI is InChI=1S/C5H5ClO2/c6-2-4-1-5(7)8-3-4/h3H,1-2H2. The molecule has 44 valence electrons. The Morgan fingerprint density at radius 3 is 2.88 bits per heavy atom. The molecule has 0 aliphatic carbocycles. The van der Waals surface area contributed by atoms with Gasteiger partial charge in [-0.15, -0.1) is 11.6 Å². The largest absolute Gasteiger partial charge is 0.434 e. The second-order valence-corrected chi connectivity index (χ2v) is 1.84. The molecule has 3 heteroatoms. The van der Waals surface area contributed by atoms with Crippen molar-refractivity contribution in [2.75, 3.05) is 5.88 Å². The lowest BCUT2D eigenvalue weighted by molar-refractivity contribution is -0.135. The van der Waals surface area contributed by atoms with E-state index < -0.39 is 0 Å². The van der Waals surface area contributed by atoms with Crippen LogP contribution in [-0.2, 0) is 9.53 Å². The number of rotatable bonds is 1. The van der Waals surface area contributed by atoms with Crippen molar-refractivity contribution in [1.82, 2.24) is 0 Å². The maximum Gasteiger partial charge on any atom is 0.314 e. The highest BCUT2D eigenvalue weighted by molar-refractivity contribution is 6.19. The minimum Gasteiger partial charge on any atom is -0.434 e. The van der Waals surface area contributed by atoms with Gasteiger partial charge in [-0.1, -0.05) is 0 Å². The van der Waals surface area contributed by atoms with Crippen LogP contribution in [0.2, 0.25) is 0 Å². The van der Waals surface area contributed by atoms with Crippen LogP contribution >= 0.6 is 11.6 Å². The Morgan fingerprint density at radius 1 is 1.88 bits per heavy atom. The molecule has 0 amide bonds. The summed E-state index contributed by atoms with van der Waals surface area (Å²) in [6.07, 6.45) is 1.78. The van der Waals surface area contributed by atoms with Gasteiger partial charge in [0.05, 0.1) is 12.7 Å². The Balaban J connectivity index is 2.49. The smallest absolute Gasteiger partial charge is 0.314 e. The first-order chi connectivity index (χ1) is 3.83. The molecule has 0 atom stereocenters. The number of hydrogen-bond donors (Lipinski definition) is 0. The summed E-state index contributed by atoms with van der Waals surface area (Å²) in [4.78, 5) is 10.3. The lowest BCUT2D eigenvalue weighted by Gasteiger charge is -1.82. The van der Waals surface area contributed by atoms with E-state index in [-0.39, 0.29) is 5.97 Å². The van der Waals surface area contributed by atoms with Crippen LogP contribution in [0.3, 0.4) is 0 Å². The van der Waals surface area contributed by atoms with Crippen molar-refractivity contribution in [3.63, 3.8) is 0 Å². The molecule has 0 aromatic carbocycles. The van der Waals surface area contributed by atoms with Gasteiger partial charge in [0.15, 0.2) is 0 Å². The number of alkyl halides is 1. The third kappa shape index (κ3) is 1.01. The zero-order valence-electron chi connectivity index (χ0n) is 4.19. The fourth-order valence-electron chi connectivity index (χ4n) is 0.497. The first-order valence-electron chi connectivity index (χ1n) is 2.26. The average molecular weight is 133 g/mol. The van der Waals surface area contributed by atoms with Gasteiger partial charge in [0.2, 0.25) is 0 Å². The van der Waals surface area contributed by atoms with E-state index in [1.807, 2.05) is 0 Å². The van der Waals surface area contributed by atoms with Crippen LogP contribution in [-0.4, -0.2) is 11.8 Å². The van der Waals surface area contributed by atoms with Crippen molar-refractivity contribution in [2.24, 2.45) is 0 Å². The molecule has 1 heterocycles. The Morgan fingerprint density at radius 2 is 2.62 bits per heavy atom. The number of cyclic esters (lactones) is 1. The Bertz CT molecular complexity index is 139. The predicted octanol–water partition coefficient (Wildman–Crippen LogP) is 1.06. The van der Waals surface area contributed by atoms with Crippen molar-refractivity contribution in [1.29, 1.82) is 0 Å².